The third-order valence-corrected chi connectivity index (χ3v) is 4.13. The number of carbonyl (C=O) groups excluding carboxylic acids is 1. The van der Waals surface area contributed by atoms with Crippen LogP contribution in [0.15, 0.2) is 0 Å². The number of aliphatic hydroxyl groups is 2. The van der Waals surface area contributed by atoms with Crippen molar-refractivity contribution in [3.05, 3.63) is 0 Å². The minimum Gasteiger partial charge on any atom is -0.479 e. The maximum atomic E-state index is 11.7. The van der Waals surface area contributed by atoms with Crippen molar-refractivity contribution in [1.82, 2.24) is 0 Å². The molecule has 2 atom stereocenters. The van der Waals surface area contributed by atoms with E-state index < -0.39 is 24.1 Å². The second-order valence-electron chi connectivity index (χ2n) is 6.05. The highest BCUT2D eigenvalue weighted by Gasteiger charge is 2.32. The van der Waals surface area contributed by atoms with Crippen molar-refractivity contribution in [2.24, 2.45) is 0 Å². The number of aliphatic hydroxyl groups excluding tert-OH is 2. The van der Waals surface area contributed by atoms with Crippen LogP contribution < -0.4 is 0 Å². The topological polar surface area (TPSA) is 104 Å². The van der Waals surface area contributed by atoms with Gasteiger partial charge in [0.05, 0.1) is 0 Å². The number of aliphatic carboxylic acids is 1. The molecular weight excluding hydrogens is 288 g/mol. The normalized spacial score (nSPS) is 21.9. The zero-order valence-corrected chi connectivity index (χ0v) is 13.1. The Bertz CT molecular complexity index is 332. The Labute approximate surface area is 131 Å². The van der Waals surface area contributed by atoms with Crippen LogP contribution in [0.4, 0.5) is 0 Å². The molecule has 0 aromatic heterocycles. The van der Waals surface area contributed by atoms with E-state index in [0.717, 1.165) is 38.5 Å². The van der Waals surface area contributed by atoms with Gasteiger partial charge in [-0.3, -0.25) is 0 Å². The van der Waals surface area contributed by atoms with Gasteiger partial charge in [0.2, 0.25) is 0 Å². The number of carboxylic acids is 1. The molecule has 3 N–H and O–H groups in total. The highest BCUT2D eigenvalue weighted by molar-refractivity contribution is 5.84. The fraction of sp³-hybridized carbons (Fsp3) is 0.875. The minimum atomic E-state index is -2.14. The van der Waals surface area contributed by atoms with Crippen LogP contribution in [0.5, 0.6) is 0 Å². The van der Waals surface area contributed by atoms with Gasteiger partial charge in [0.25, 0.3) is 0 Å². The van der Waals surface area contributed by atoms with Crippen LogP contribution in [0.3, 0.4) is 0 Å². The van der Waals surface area contributed by atoms with Gasteiger partial charge in [0, 0.05) is 0 Å². The molecule has 0 radical (unpaired) electrons. The van der Waals surface area contributed by atoms with Gasteiger partial charge in [-0.25, -0.2) is 9.59 Å². The Balaban J connectivity index is 2.47. The van der Waals surface area contributed by atoms with Gasteiger partial charge in [-0.1, -0.05) is 44.9 Å². The molecule has 0 amide bonds. The van der Waals surface area contributed by atoms with Crippen LogP contribution in [-0.4, -0.2) is 45.6 Å². The largest absolute Gasteiger partial charge is 0.479 e. The molecule has 1 aliphatic rings. The molecule has 0 aliphatic heterocycles. The molecule has 6 heteroatoms. The molecule has 0 aromatic carbocycles. The summed E-state index contributed by atoms with van der Waals surface area (Å²) in [5.41, 5.74) is 0. The molecule has 1 fully saturated rings. The summed E-state index contributed by atoms with van der Waals surface area (Å²) in [5.74, 6) is -2.69. The molecule has 0 saturated heterocycles. The number of ether oxygens (including phenoxy) is 1. The molecule has 0 aromatic rings. The quantitative estimate of drug-likeness (QED) is 0.685. The van der Waals surface area contributed by atoms with Gasteiger partial charge in [-0.15, -0.1) is 0 Å². The Kier molecular flexibility index (Phi) is 9.08. The first-order valence-corrected chi connectivity index (χ1v) is 8.32. The van der Waals surface area contributed by atoms with E-state index in [-0.39, 0.29) is 6.10 Å². The number of hydrogen-bond donors (Lipinski definition) is 3. The summed E-state index contributed by atoms with van der Waals surface area (Å²) < 4.78 is 5.22. The van der Waals surface area contributed by atoms with Crippen molar-refractivity contribution >= 4 is 11.9 Å². The average Bonchev–Trinajstić information content (AvgIpc) is 2.48. The molecule has 1 aliphatic carbocycles. The number of esters is 1. The third kappa shape index (κ3) is 7.22. The number of carbonyl (C=O) groups is 2. The molecule has 0 unspecified atom stereocenters. The lowest BCUT2D eigenvalue weighted by atomic mass is 9.99. The maximum absolute atomic E-state index is 11.7. The molecule has 1 saturated carbocycles. The van der Waals surface area contributed by atoms with E-state index in [1.165, 1.54) is 32.1 Å². The van der Waals surface area contributed by atoms with Crippen LogP contribution in [0, 0.1) is 0 Å². The summed E-state index contributed by atoms with van der Waals surface area (Å²) in [6, 6.07) is 0. The molecule has 128 valence electrons. The fourth-order valence-electron chi connectivity index (χ4n) is 2.74. The van der Waals surface area contributed by atoms with Gasteiger partial charge in [-0.05, 0) is 25.7 Å². The third-order valence-electron chi connectivity index (χ3n) is 4.13. The van der Waals surface area contributed by atoms with Crippen molar-refractivity contribution < 1.29 is 29.6 Å². The lowest BCUT2D eigenvalue weighted by Gasteiger charge is -2.21. The first-order valence-electron chi connectivity index (χ1n) is 8.32. The van der Waals surface area contributed by atoms with Crippen molar-refractivity contribution in [1.29, 1.82) is 0 Å². The molecular formula is C16H28O6. The Morgan fingerprint density at radius 2 is 1.18 bits per heavy atom. The van der Waals surface area contributed by atoms with E-state index in [4.69, 9.17) is 9.84 Å². The summed E-state index contributed by atoms with van der Waals surface area (Å²) in [6.07, 6.45) is 7.21. The van der Waals surface area contributed by atoms with Crippen molar-refractivity contribution in [3.8, 4) is 0 Å². The van der Waals surface area contributed by atoms with E-state index in [1.54, 1.807) is 0 Å². The van der Waals surface area contributed by atoms with Gasteiger partial charge in [-0.2, -0.15) is 0 Å². The lowest BCUT2D eigenvalue weighted by molar-refractivity contribution is -0.174. The van der Waals surface area contributed by atoms with E-state index in [1.807, 2.05) is 0 Å². The highest BCUT2D eigenvalue weighted by atomic mass is 16.6. The van der Waals surface area contributed by atoms with Gasteiger partial charge in [0.1, 0.15) is 6.10 Å². The second kappa shape index (κ2) is 10.6. The first-order chi connectivity index (χ1) is 10.5. The summed E-state index contributed by atoms with van der Waals surface area (Å²) in [4.78, 5) is 22.3. The van der Waals surface area contributed by atoms with Crippen molar-refractivity contribution in [3.63, 3.8) is 0 Å². The van der Waals surface area contributed by atoms with Gasteiger partial charge < -0.3 is 20.1 Å². The van der Waals surface area contributed by atoms with Crippen molar-refractivity contribution in [2.45, 2.75) is 88.9 Å². The van der Waals surface area contributed by atoms with E-state index >= 15 is 0 Å². The molecule has 0 spiro atoms. The van der Waals surface area contributed by atoms with Crippen LogP contribution in [0.2, 0.25) is 0 Å². The molecule has 0 bridgehead atoms. The molecule has 0 heterocycles. The smallest absolute Gasteiger partial charge is 0.338 e. The summed E-state index contributed by atoms with van der Waals surface area (Å²) in [5, 5.41) is 27.3. The SMILES string of the molecule is O=C(O)[C@@H](O)[C@H](O)C(=O)OC1CCCCCCCCCCC1. The number of hydrogen-bond acceptors (Lipinski definition) is 5. The van der Waals surface area contributed by atoms with Crippen LogP contribution in [-0.2, 0) is 14.3 Å². The zero-order valence-electron chi connectivity index (χ0n) is 13.1. The highest BCUT2D eigenvalue weighted by Crippen LogP contribution is 2.19. The Morgan fingerprint density at radius 3 is 1.59 bits per heavy atom. The predicted octanol–water partition coefficient (Wildman–Crippen LogP) is 2.01. The van der Waals surface area contributed by atoms with Crippen molar-refractivity contribution in [2.75, 3.05) is 0 Å². The van der Waals surface area contributed by atoms with Crippen LogP contribution in [0.1, 0.15) is 70.6 Å². The van der Waals surface area contributed by atoms with E-state index in [2.05, 4.69) is 0 Å². The monoisotopic (exact) mass is 316 g/mol. The van der Waals surface area contributed by atoms with Crippen LogP contribution >= 0.6 is 0 Å². The summed E-state index contributed by atoms with van der Waals surface area (Å²) in [6.45, 7) is 0. The molecule has 6 nitrogen and oxygen atoms in total. The minimum absolute atomic E-state index is 0.303. The number of rotatable bonds is 4. The second-order valence-corrected chi connectivity index (χ2v) is 6.05. The standard InChI is InChI=1S/C16H28O6/c17-13(15(19)20)14(18)16(21)22-12-10-8-6-4-2-1-3-5-7-9-11-12/h12-14,17-18H,1-11H2,(H,19,20)/t13-,14-/m0/s1. The predicted molar refractivity (Wildman–Crippen MR) is 80.3 cm³/mol. The van der Waals surface area contributed by atoms with E-state index in [0.29, 0.717) is 0 Å². The Hall–Kier alpha value is -1.14. The maximum Gasteiger partial charge on any atom is 0.338 e. The number of carboxylic acid groups (broad SMARTS) is 1. The summed E-state index contributed by atoms with van der Waals surface area (Å²) >= 11 is 0. The molecule has 1 rings (SSSR count). The van der Waals surface area contributed by atoms with Crippen LogP contribution in [0.25, 0.3) is 0 Å². The first kappa shape index (κ1) is 18.9. The molecule has 22 heavy (non-hydrogen) atoms. The summed E-state index contributed by atoms with van der Waals surface area (Å²) in [7, 11) is 0. The average molecular weight is 316 g/mol. The van der Waals surface area contributed by atoms with Gasteiger partial charge >= 0.3 is 11.9 Å². The lowest BCUT2D eigenvalue weighted by Crippen LogP contribution is -2.41. The Morgan fingerprint density at radius 1 is 0.773 bits per heavy atom. The zero-order chi connectivity index (χ0) is 16.4. The fourth-order valence-corrected chi connectivity index (χ4v) is 2.74. The van der Waals surface area contributed by atoms with Gasteiger partial charge in [0.15, 0.2) is 12.2 Å². The van der Waals surface area contributed by atoms with E-state index in [9.17, 15) is 19.8 Å².